The number of aliphatic hydroxyl groups excluding tert-OH is 1. The van der Waals surface area contributed by atoms with Crippen molar-refractivity contribution in [2.75, 3.05) is 25.5 Å². The molecule has 0 atom stereocenters. The molecule has 1 N–H and O–H groups in total. The summed E-state index contributed by atoms with van der Waals surface area (Å²) in [6.07, 6.45) is 7.61. The molecule has 2 aliphatic rings. The molecule has 3 heteroatoms. The first-order valence-electron chi connectivity index (χ1n) is 6.56. The highest BCUT2D eigenvalue weighted by molar-refractivity contribution is 9.09. The highest BCUT2D eigenvalue weighted by Gasteiger charge is 2.35. The maximum absolute atomic E-state index is 9.29. The molecule has 94 valence electrons. The van der Waals surface area contributed by atoms with Gasteiger partial charge in [-0.05, 0) is 44.1 Å². The molecule has 0 aromatic heterocycles. The number of nitrogens with zero attached hydrogens (tertiary/aromatic N) is 1. The van der Waals surface area contributed by atoms with E-state index in [4.69, 9.17) is 0 Å². The Morgan fingerprint density at radius 2 is 1.94 bits per heavy atom. The molecule has 0 aromatic carbocycles. The highest BCUT2D eigenvalue weighted by Crippen LogP contribution is 2.40. The van der Waals surface area contributed by atoms with Gasteiger partial charge in [0.15, 0.2) is 0 Å². The minimum atomic E-state index is -0.00461. The quantitative estimate of drug-likeness (QED) is 0.787. The van der Waals surface area contributed by atoms with E-state index in [1.54, 1.807) is 0 Å². The molecule has 0 bridgehead atoms. The number of rotatable bonds is 5. The van der Waals surface area contributed by atoms with Crippen LogP contribution in [0.1, 0.15) is 38.5 Å². The Bertz CT molecular complexity index is 222. The van der Waals surface area contributed by atoms with Crippen LogP contribution in [0, 0.1) is 11.3 Å². The molecule has 0 unspecified atom stereocenters. The Labute approximate surface area is 108 Å². The van der Waals surface area contributed by atoms with Crippen molar-refractivity contribution in [1.29, 1.82) is 0 Å². The van der Waals surface area contributed by atoms with Gasteiger partial charge in [0, 0.05) is 18.4 Å². The smallest absolute Gasteiger partial charge is 0.0546 e. The molecule has 2 fully saturated rings. The molecule has 0 spiro atoms. The van der Waals surface area contributed by atoms with Crippen LogP contribution in [0.25, 0.3) is 0 Å². The largest absolute Gasteiger partial charge is 0.393 e. The van der Waals surface area contributed by atoms with Crippen molar-refractivity contribution < 1.29 is 5.11 Å². The first-order chi connectivity index (χ1) is 7.63. The first-order valence-corrected chi connectivity index (χ1v) is 7.68. The van der Waals surface area contributed by atoms with E-state index in [0.717, 1.165) is 24.1 Å². The number of aliphatic hydroxyl groups is 1. The van der Waals surface area contributed by atoms with E-state index in [1.165, 1.54) is 38.8 Å². The topological polar surface area (TPSA) is 23.5 Å². The van der Waals surface area contributed by atoms with Crippen LogP contribution < -0.4 is 0 Å². The van der Waals surface area contributed by atoms with Crippen LogP contribution in [-0.2, 0) is 0 Å². The summed E-state index contributed by atoms with van der Waals surface area (Å²) in [6.45, 7) is 2.40. The summed E-state index contributed by atoms with van der Waals surface area (Å²) >= 11 is 3.70. The maximum atomic E-state index is 9.29. The van der Waals surface area contributed by atoms with Crippen molar-refractivity contribution in [2.24, 2.45) is 11.3 Å². The highest BCUT2D eigenvalue weighted by atomic mass is 79.9. The Morgan fingerprint density at radius 3 is 2.44 bits per heavy atom. The number of hydrogen-bond donors (Lipinski definition) is 1. The Balaban J connectivity index is 1.75. The van der Waals surface area contributed by atoms with Crippen LogP contribution in [0.5, 0.6) is 0 Å². The third-order valence-electron chi connectivity index (χ3n) is 4.33. The Kier molecular flexibility index (Phi) is 4.31. The molecule has 2 nitrogen and oxygen atoms in total. The summed E-state index contributed by atoms with van der Waals surface area (Å²) in [5.74, 6) is 0.744. The van der Waals surface area contributed by atoms with E-state index in [-0.39, 0.29) is 6.10 Å². The van der Waals surface area contributed by atoms with Gasteiger partial charge < -0.3 is 10.0 Å². The van der Waals surface area contributed by atoms with Crippen molar-refractivity contribution in [3.05, 3.63) is 0 Å². The second kappa shape index (κ2) is 5.36. The average Bonchev–Trinajstić information content (AvgIpc) is 2.65. The van der Waals surface area contributed by atoms with Gasteiger partial charge in [-0.3, -0.25) is 0 Å². The van der Waals surface area contributed by atoms with E-state index >= 15 is 0 Å². The second-order valence-corrected chi connectivity index (χ2v) is 6.59. The van der Waals surface area contributed by atoms with Gasteiger partial charge in [-0.25, -0.2) is 0 Å². The molecule has 0 heterocycles. The predicted octanol–water partition coefficient (Wildman–Crippen LogP) is 2.64. The fraction of sp³-hybridized carbons (Fsp3) is 1.00. The lowest BCUT2D eigenvalue weighted by Crippen LogP contribution is -2.41. The fourth-order valence-electron chi connectivity index (χ4n) is 3.39. The average molecular weight is 290 g/mol. The Hall–Kier alpha value is 0.400. The van der Waals surface area contributed by atoms with Gasteiger partial charge in [-0.2, -0.15) is 0 Å². The van der Waals surface area contributed by atoms with Crippen LogP contribution in [0.4, 0.5) is 0 Å². The van der Waals surface area contributed by atoms with Crippen molar-refractivity contribution in [1.82, 2.24) is 4.90 Å². The van der Waals surface area contributed by atoms with Crippen LogP contribution >= 0.6 is 15.9 Å². The van der Waals surface area contributed by atoms with E-state index in [9.17, 15) is 5.11 Å². The van der Waals surface area contributed by atoms with Crippen LogP contribution in [0.15, 0.2) is 0 Å². The lowest BCUT2D eigenvalue weighted by atomic mass is 9.81. The minimum Gasteiger partial charge on any atom is -0.393 e. The molecule has 0 radical (unpaired) electrons. The van der Waals surface area contributed by atoms with Gasteiger partial charge in [0.25, 0.3) is 0 Å². The molecule has 16 heavy (non-hydrogen) atoms. The van der Waals surface area contributed by atoms with E-state index in [0.29, 0.717) is 5.41 Å². The standard InChI is InChI=1S/C13H24BrNO/c1-15(8-11-6-12(16)7-11)10-13(9-14)4-2-3-5-13/h11-12,16H,2-10H2,1H3. The maximum Gasteiger partial charge on any atom is 0.0546 e. The minimum absolute atomic E-state index is 0.00461. The Morgan fingerprint density at radius 1 is 1.31 bits per heavy atom. The summed E-state index contributed by atoms with van der Waals surface area (Å²) in [4.78, 5) is 2.49. The monoisotopic (exact) mass is 289 g/mol. The van der Waals surface area contributed by atoms with Crippen molar-refractivity contribution in [3.63, 3.8) is 0 Å². The molecule has 0 saturated heterocycles. The number of alkyl halides is 1. The normalized spacial score (nSPS) is 33.0. The molecular formula is C13H24BrNO. The summed E-state index contributed by atoms with van der Waals surface area (Å²) in [6, 6.07) is 0. The summed E-state index contributed by atoms with van der Waals surface area (Å²) < 4.78 is 0. The van der Waals surface area contributed by atoms with E-state index in [1.807, 2.05) is 0 Å². The van der Waals surface area contributed by atoms with Crippen LogP contribution in [-0.4, -0.2) is 41.6 Å². The first kappa shape index (κ1) is 12.8. The van der Waals surface area contributed by atoms with Crippen molar-refractivity contribution in [2.45, 2.75) is 44.6 Å². The van der Waals surface area contributed by atoms with Crippen LogP contribution in [0.3, 0.4) is 0 Å². The zero-order valence-electron chi connectivity index (χ0n) is 10.3. The van der Waals surface area contributed by atoms with Gasteiger partial charge in [0.05, 0.1) is 6.10 Å². The van der Waals surface area contributed by atoms with E-state index < -0.39 is 0 Å². The van der Waals surface area contributed by atoms with Crippen molar-refractivity contribution >= 4 is 15.9 Å². The fourth-order valence-corrected chi connectivity index (χ4v) is 4.12. The second-order valence-electron chi connectivity index (χ2n) is 6.03. The molecule has 2 saturated carbocycles. The lowest BCUT2D eigenvalue weighted by Gasteiger charge is -2.38. The molecule has 0 aliphatic heterocycles. The van der Waals surface area contributed by atoms with Gasteiger partial charge in [-0.15, -0.1) is 0 Å². The molecule has 0 aromatic rings. The predicted molar refractivity (Wildman–Crippen MR) is 70.9 cm³/mol. The van der Waals surface area contributed by atoms with Crippen molar-refractivity contribution in [3.8, 4) is 0 Å². The third-order valence-corrected chi connectivity index (χ3v) is 5.52. The molecule has 2 rings (SSSR count). The number of halogens is 1. The zero-order valence-corrected chi connectivity index (χ0v) is 11.9. The van der Waals surface area contributed by atoms with Gasteiger partial charge in [-0.1, -0.05) is 28.8 Å². The summed E-state index contributed by atoms with van der Waals surface area (Å²) in [5, 5.41) is 10.4. The SMILES string of the molecule is CN(CC1CC(O)C1)CC1(CBr)CCCC1. The van der Waals surface area contributed by atoms with E-state index in [2.05, 4.69) is 27.9 Å². The number of hydrogen-bond acceptors (Lipinski definition) is 2. The molecule has 2 aliphatic carbocycles. The molecular weight excluding hydrogens is 266 g/mol. The van der Waals surface area contributed by atoms with Gasteiger partial charge >= 0.3 is 0 Å². The lowest BCUT2D eigenvalue weighted by molar-refractivity contribution is 0.0232. The summed E-state index contributed by atoms with van der Waals surface area (Å²) in [7, 11) is 2.24. The third kappa shape index (κ3) is 2.99. The van der Waals surface area contributed by atoms with Gasteiger partial charge in [0.1, 0.15) is 0 Å². The zero-order chi connectivity index (χ0) is 11.6. The van der Waals surface area contributed by atoms with Gasteiger partial charge in [0.2, 0.25) is 0 Å². The molecule has 0 amide bonds. The van der Waals surface area contributed by atoms with Crippen LogP contribution in [0.2, 0.25) is 0 Å². The summed E-state index contributed by atoms with van der Waals surface area (Å²) in [5.41, 5.74) is 0.539.